The molecule has 0 atom stereocenters. The summed E-state index contributed by atoms with van der Waals surface area (Å²) in [5.74, 6) is 0. The third-order valence-electron chi connectivity index (χ3n) is 1.77. The zero-order chi connectivity index (χ0) is 10.7. The van der Waals surface area contributed by atoms with Crippen LogP contribution in [0.5, 0.6) is 0 Å². The number of pyridine rings is 1. The predicted octanol–water partition coefficient (Wildman–Crippen LogP) is 1.73. The van der Waals surface area contributed by atoms with Crippen LogP contribution in [0.1, 0.15) is 23.2 Å². The Hall–Kier alpha value is -0.590. The van der Waals surface area contributed by atoms with Crippen molar-refractivity contribution in [1.29, 1.82) is 0 Å². The number of aromatic nitrogens is 1. The monoisotopic (exact) mass is 266 g/mol. The minimum absolute atomic E-state index is 0.0773. The van der Waals surface area contributed by atoms with Gasteiger partial charge in [0, 0.05) is 12.1 Å². The summed E-state index contributed by atoms with van der Waals surface area (Å²) in [6.45, 7) is -0.528. The number of nitrogens with zero attached hydrogens (tertiary/aromatic N) is 1. The van der Waals surface area contributed by atoms with Crippen molar-refractivity contribution in [2.75, 3.05) is 0 Å². The lowest BCUT2D eigenvalue weighted by Gasteiger charge is -2.11. The minimum Gasteiger partial charge on any atom is -0.392 e. The van der Waals surface area contributed by atoms with Crippen molar-refractivity contribution in [3.05, 3.63) is 27.5 Å². The van der Waals surface area contributed by atoms with Crippen LogP contribution in [0.4, 0.5) is 8.78 Å². The maximum atomic E-state index is 12.6. The van der Waals surface area contributed by atoms with Crippen LogP contribution in [0, 0.1) is 0 Å². The summed E-state index contributed by atoms with van der Waals surface area (Å²) in [6, 6.07) is 1.36. The second kappa shape index (κ2) is 4.77. The van der Waals surface area contributed by atoms with E-state index in [-0.39, 0.29) is 23.4 Å². The van der Waals surface area contributed by atoms with Crippen molar-refractivity contribution in [3.63, 3.8) is 0 Å². The normalized spacial score (nSPS) is 11.0. The lowest BCUT2D eigenvalue weighted by Crippen LogP contribution is -2.09. The molecule has 14 heavy (non-hydrogen) atoms. The van der Waals surface area contributed by atoms with Gasteiger partial charge in [-0.05, 0) is 27.6 Å². The third-order valence-corrected chi connectivity index (χ3v) is 2.18. The smallest absolute Gasteiger partial charge is 0.266 e. The zero-order valence-corrected chi connectivity index (χ0v) is 8.76. The quantitative estimate of drug-likeness (QED) is 0.820. The second-order valence-corrected chi connectivity index (χ2v) is 3.44. The molecule has 0 radical (unpaired) electrons. The SMILES string of the molecule is NCc1nc(Br)cc(CO)c1C(F)F. The van der Waals surface area contributed by atoms with E-state index in [4.69, 9.17) is 10.8 Å². The van der Waals surface area contributed by atoms with Crippen LogP contribution in [0.2, 0.25) is 0 Å². The molecule has 0 unspecified atom stereocenters. The highest BCUT2D eigenvalue weighted by atomic mass is 79.9. The Morgan fingerprint density at radius 2 is 2.21 bits per heavy atom. The Morgan fingerprint density at radius 1 is 1.57 bits per heavy atom. The molecular weight excluding hydrogens is 258 g/mol. The highest BCUT2D eigenvalue weighted by Crippen LogP contribution is 2.27. The molecule has 0 fully saturated rings. The van der Waals surface area contributed by atoms with Crippen molar-refractivity contribution in [3.8, 4) is 0 Å². The van der Waals surface area contributed by atoms with Gasteiger partial charge in [-0.25, -0.2) is 13.8 Å². The first-order chi connectivity index (χ1) is 6.60. The molecule has 0 amide bonds. The number of hydrogen-bond donors (Lipinski definition) is 2. The van der Waals surface area contributed by atoms with Gasteiger partial charge in [-0.1, -0.05) is 0 Å². The van der Waals surface area contributed by atoms with Crippen LogP contribution in [0.15, 0.2) is 10.7 Å². The molecule has 0 aromatic carbocycles. The van der Waals surface area contributed by atoms with E-state index in [1.54, 1.807) is 0 Å². The standard InChI is InChI=1S/C8H9BrF2N2O/c9-6-1-4(3-14)7(8(10)11)5(2-12)13-6/h1,8,14H,2-3,12H2. The number of rotatable bonds is 3. The van der Waals surface area contributed by atoms with Crippen molar-refractivity contribution in [1.82, 2.24) is 4.98 Å². The zero-order valence-electron chi connectivity index (χ0n) is 7.17. The molecule has 1 aromatic heterocycles. The van der Waals surface area contributed by atoms with Crippen LogP contribution in [-0.2, 0) is 13.2 Å². The molecular formula is C8H9BrF2N2O. The molecule has 0 spiro atoms. The van der Waals surface area contributed by atoms with Crippen LogP contribution in [0.3, 0.4) is 0 Å². The minimum atomic E-state index is -2.67. The topological polar surface area (TPSA) is 59.1 Å². The lowest BCUT2D eigenvalue weighted by atomic mass is 10.1. The van der Waals surface area contributed by atoms with Crippen molar-refractivity contribution < 1.29 is 13.9 Å². The molecule has 1 heterocycles. The third kappa shape index (κ3) is 2.26. The van der Waals surface area contributed by atoms with Crippen molar-refractivity contribution in [2.45, 2.75) is 19.6 Å². The maximum absolute atomic E-state index is 12.6. The fourth-order valence-corrected chi connectivity index (χ4v) is 1.67. The highest BCUT2D eigenvalue weighted by Gasteiger charge is 2.18. The molecule has 1 rings (SSSR count). The number of aliphatic hydroxyl groups excluding tert-OH is 1. The summed E-state index contributed by atoms with van der Waals surface area (Å²) in [4.78, 5) is 3.82. The van der Waals surface area contributed by atoms with Gasteiger partial charge in [-0.2, -0.15) is 0 Å². The fourth-order valence-electron chi connectivity index (χ4n) is 1.18. The van der Waals surface area contributed by atoms with E-state index >= 15 is 0 Å². The molecule has 6 heteroatoms. The Labute approximate surface area is 88.1 Å². The average Bonchev–Trinajstić information content (AvgIpc) is 2.15. The maximum Gasteiger partial charge on any atom is 0.266 e. The molecule has 0 saturated carbocycles. The molecule has 0 bridgehead atoms. The first kappa shape index (κ1) is 11.5. The van der Waals surface area contributed by atoms with Crippen LogP contribution < -0.4 is 5.73 Å². The van der Waals surface area contributed by atoms with Crippen LogP contribution >= 0.6 is 15.9 Å². The molecule has 0 aliphatic carbocycles. The van der Waals surface area contributed by atoms with Gasteiger partial charge in [0.2, 0.25) is 0 Å². The Morgan fingerprint density at radius 3 is 2.64 bits per heavy atom. The summed E-state index contributed by atoms with van der Waals surface area (Å²) in [5.41, 5.74) is 5.28. The van der Waals surface area contributed by atoms with E-state index in [0.717, 1.165) is 0 Å². The van der Waals surface area contributed by atoms with Crippen LogP contribution in [-0.4, -0.2) is 10.1 Å². The molecule has 3 nitrogen and oxygen atoms in total. The first-order valence-corrected chi connectivity index (χ1v) is 4.66. The van der Waals surface area contributed by atoms with Gasteiger partial charge in [0.15, 0.2) is 0 Å². The fraction of sp³-hybridized carbons (Fsp3) is 0.375. The number of halogens is 3. The first-order valence-electron chi connectivity index (χ1n) is 3.87. The van der Waals surface area contributed by atoms with Gasteiger partial charge in [0.1, 0.15) is 4.60 Å². The van der Waals surface area contributed by atoms with E-state index in [2.05, 4.69) is 20.9 Å². The van der Waals surface area contributed by atoms with E-state index < -0.39 is 13.0 Å². The summed E-state index contributed by atoms with van der Waals surface area (Å²) in [5, 5.41) is 8.89. The van der Waals surface area contributed by atoms with Gasteiger partial charge in [-0.3, -0.25) is 0 Å². The molecule has 3 N–H and O–H groups in total. The largest absolute Gasteiger partial charge is 0.392 e. The van der Waals surface area contributed by atoms with Gasteiger partial charge >= 0.3 is 0 Å². The van der Waals surface area contributed by atoms with Crippen molar-refractivity contribution >= 4 is 15.9 Å². The van der Waals surface area contributed by atoms with Gasteiger partial charge in [0.05, 0.1) is 12.3 Å². The number of alkyl halides is 2. The summed E-state index contributed by atoms with van der Waals surface area (Å²) in [7, 11) is 0. The Kier molecular flexibility index (Phi) is 3.91. The number of hydrogen-bond acceptors (Lipinski definition) is 3. The van der Waals surface area contributed by atoms with Crippen molar-refractivity contribution in [2.24, 2.45) is 5.73 Å². The molecule has 1 aromatic rings. The molecule has 0 aliphatic heterocycles. The summed E-state index contributed by atoms with van der Waals surface area (Å²) < 4.78 is 25.5. The Balaban J connectivity index is 3.33. The lowest BCUT2D eigenvalue weighted by molar-refractivity contribution is 0.145. The second-order valence-electron chi connectivity index (χ2n) is 2.63. The van der Waals surface area contributed by atoms with E-state index in [1.165, 1.54) is 6.07 Å². The Bertz CT molecular complexity index is 308. The molecule has 78 valence electrons. The van der Waals surface area contributed by atoms with Crippen LogP contribution in [0.25, 0.3) is 0 Å². The number of nitrogens with two attached hydrogens (primary N) is 1. The average molecular weight is 267 g/mol. The van der Waals surface area contributed by atoms with Gasteiger partial charge < -0.3 is 10.8 Å². The molecule has 0 aliphatic rings. The van der Waals surface area contributed by atoms with E-state index in [9.17, 15) is 8.78 Å². The number of aliphatic hydroxyl groups is 1. The summed E-state index contributed by atoms with van der Waals surface area (Å²) >= 11 is 3.06. The molecule has 0 saturated heterocycles. The highest BCUT2D eigenvalue weighted by molar-refractivity contribution is 9.10. The summed E-state index contributed by atoms with van der Waals surface area (Å²) in [6.07, 6.45) is -2.67. The van der Waals surface area contributed by atoms with E-state index in [0.29, 0.717) is 4.60 Å². The van der Waals surface area contributed by atoms with Gasteiger partial charge in [-0.15, -0.1) is 0 Å². The predicted molar refractivity (Wildman–Crippen MR) is 50.7 cm³/mol. The van der Waals surface area contributed by atoms with Gasteiger partial charge in [0.25, 0.3) is 6.43 Å². The van der Waals surface area contributed by atoms with E-state index in [1.807, 2.05) is 0 Å².